The van der Waals surface area contributed by atoms with Gasteiger partial charge in [0, 0.05) is 24.9 Å². The maximum atomic E-state index is 12.5. The van der Waals surface area contributed by atoms with Crippen LogP contribution < -0.4 is 4.72 Å². The smallest absolute Gasteiger partial charge is 0.241 e. The van der Waals surface area contributed by atoms with Crippen LogP contribution in [0.1, 0.15) is 5.82 Å². The first-order valence-corrected chi connectivity index (χ1v) is 9.41. The molecule has 0 bridgehead atoms. The highest BCUT2D eigenvalue weighted by Crippen LogP contribution is 2.17. The Kier molecular flexibility index (Phi) is 5.33. The minimum atomic E-state index is -3.70. The number of nitrogens with zero attached hydrogens (tertiary/aromatic N) is 3. The van der Waals surface area contributed by atoms with Gasteiger partial charge in [0.2, 0.25) is 10.0 Å². The van der Waals surface area contributed by atoms with E-state index >= 15 is 0 Å². The number of halogens is 1. The van der Waals surface area contributed by atoms with E-state index < -0.39 is 10.0 Å². The molecular formula is C16H17ClN4O3S. The molecule has 3 aromatic rings. The third kappa shape index (κ3) is 3.98. The van der Waals surface area contributed by atoms with Crippen LogP contribution in [0.4, 0.5) is 0 Å². The number of fused-ring (bicyclic) bond motifs is 1. The Morgan fingerprint density at radius 1 is 1.28 bits per heavy atom. The number of sulfonamides is 1. The molecule has 0 aliphatic heterocycles. The van der Waals surface area contributed by atoms with Crippen molar-refractivity contribution in [1.29, 1.82) is 0 Å². The summed E-state index contributed by atoms with van der Waals surface area (Å²) in [5.74, 6) is 0.566. The summed E-state index contributed by atoms with van der Waals surface area (Å²) in [6, 6.07) is 9.73. The highest BCUT2D eigenvalue weighted by Gasteiger charge is 2.17. The topological polar surface area (TPSA) is 86.1 Å². The molecular weight excluding hydrogens is 364 g/mol. The molecule has 0 aliphatic carbocycles. The molecule has 1 aromatic carbocycles. The Balaban J connectivity index is 1.87. The molecule has 0 aliphatic rings. The lowest BCUT2D eigenvalue weighted by Crippen LogP contribution is -2.25. The Hall–Kier alpha value is -2.00. The largest absolute Gasteiger partial charge is 0.383 e. The van der Waals surface area contributed by atoms with Gasteiger partial charge >= 0.3 is 0 Å². The number of nitrogens with one attached hydrogen (secondary N) is 1. The number of aromatic nitrogens is 3. The van der Waals surface area contributed by atoms with Crippen LogP contribution in [0.3, 0.4) is 0 Å². The molecule has 0 unspecified atom stereocenters. The predicted octanol–water partition coefficient (Wildman–Crippen LogP) is 2.21. The second-order valence-corrected chi connectivity index (χ2v) is 7.50. The zero-order chi connectivity index (χ0) is 17.9. The summed E-state index contributed by atoms with van der Waals surface area (Å²) < 4.78 is 34.4. The van der Waals surface area contributed by atoms with E-state index in [2.05, 4.69) is 14.7 Å². The van der Waals surface area contributed by atoms with Gasteiger partial charge in [0.15, 0.2) is 5.65 Å². The number of imidazole rings is 1. The van der Waals surface area contributed by atoms with Gasteiger partial charge in [-0.2, -0.15) is 0 Å². The molecule has 0 spiro atoms. The van der Waals surface area contributed by atoms with E-state index in [4.69, 9.17) is 16.3 Å². The van der Waals surface area contributed by atoms with Gasteiger partial charge in [-0.05, 0) is 30.3 Å². The van der Waals surface area contributed by atoms with E-state index in [9.17, 15) is 8.42 Å². The first-order valence-electron chi connectivity index (χ1n) is 7.55. The monoisotopic (exact) mass is 380 g/mol. The summed E-state index contributed by atoms with van der Waals surface area (Å²) in [6.07, 6.45) is 1.67. The number of pyridine rings is 1. The lowest BCUT2D eigenvalue weighted by Gasteiger charge is -2.10. The van der Waals surface area contributed by atoms with Gasteiger partial charge in [-0.1, -0.05) is 17.7 Å². The third-order valence-electron chi connectivity index (χ3n) is 3.63. The fraction of sp³-hybridized carbons (Fsp3) is 0.250. The van der Waals surface area contributed by atoms with Gasteiger partial charge in [0.1, 0.15) is 11.3 Å². The average Bonchev–Trinajstić information content (AvgIpc) is 2.96. The fourth-order valence-electron chi connectivity index (χ4n) is 2.43. The highest BCUT2D eigenvalue weighted by molar-refractivity contribution is 7.89. The van der Waals surface area contributed by atoms with Crippen molar-refractivity contribution < 1.29 is 13.2 Å². The van der Waals surface area contributed by atoms with Gasteiger partial charge in [0.05, 0.1) is 18.0 Å². The van der Waals surface area contributed by atoms with Crippen molar-refractivity contribution in [3.63, 3.8) is 0 Å². The van der Waals surface area contributed by atoms with E-state index in [0.29, 0.717) is 35.2 Å². The molecule has 132 valence electrons. The Morgan fingerprint density at radius 2 is 2.12 bits per heavy atom. The number of rotatable bonds is 7. The Morgan fingerprint density at radius 3 is 2.88 bits per heavy atom. The zero-order valence-corrected chi connectivity index (χ0v) is 15.1. The van der Waals surface area contributed by atoms with Crippen LogP contribution in [-0.2, 0) is 27.8 Å². The summed E-state index contributed by atoms with van der Waals surface area (Å²) in [4.78, 5) is 8.90. The molecule has 0 atom stereocenters. The molecule has 3 rings (SSSR count). The van der Waals surface area contributed by atoms with E-state index in [1.54, 1.807) is 31.5 Å². The molecule has 7 nitrogen and oxygen atoms in total. The normalized spacial score (nSPS) is 11.9. The van der Waals surface area contributed by atoms with Crippen LogP contribution >= 0.6 is 11.6 Å². The molecule has 0 fully saturated rings. The summed E-state index contributed by atoms with van der Waals surface area (Å²) in [5, 5.41) is 0.361. The SMILES string of the molecule is COCCn1c(CNS(=O)(=O)c2cccc(Cl)c2)nc2cccnc21. The maximum absolute atomic E-state index is 12.5. The van der Waals surface area contributed by atoms with Gasteiger partial charge < -0.3 is 9.30 Å². The van der Waals surface area contributed by atoms with Gasteiger partial charge in [-0.25, -0.2) is 23.1 Å². The minimum Gasteiger partial charge on any atom is -0.383 e. The van der Waals surface area contributed by atoms with Crippen LogP contribution in [0.5, 0.6) is 0 Å². The second-order valence-electron chi connectivity index (χ2n) is 5.30. The van der Waals surface area contributed by atoms with E-state index in [1.807, 2.05) is 10.6 Å². The Labute approximate surface area is 150 Å². The number of hydrogen-bond donors (Lipinski definition) is 1. The standard InChI is InChI=1S/C16H17ClN4O3S/c1-24-9-8-21-15(20-14-6-3-7-18-16(14)21)11-19-25(22,23)13-5-2-4-12(17)10-13/h2-7,10,19H,8-9,11H2,1H3. The number of hydrogen-bond acceptors (Lipinski definition) is 5. The van der Waals surface area contributed by atoms with Crippen molar-refractivity contribution in [2.45, 2.75) is 18.0 Å². The molecule has 0 saturated carbocycles. The Bertz CT molecular complexity index is 988. The molecule has 2 heterocycles. The zero-order valence-electron chi connectivity index (χ0n) is 13.5. The molecule has 0 radical (unpaired) electrons. The first-order chi connectivity index (χ1) is 12.0. The van der Waals surface area contributed by atoms with Crippen molar-refractivity contribution in [1.82, 2.24) is 19.3 Å². The average molecular weight is 381 g/mol. The predicted molar refractivity (Wildman–Crippen MR) is 94.9 cm³/mol. The van der Waals surface area contributed by atoms with Crippen LogP contribution in [0.25, 0.3) is 11.2 Å². The molecule has 1 N–H and O–H groups in total. The first kappa shape index (κ1) is 17.8. The van der Waals surface area contributed by atoms with Crippen LogP contribution in [0, 0.1) is 0 Å². The third-order valence-corrected chi connectivity index (χ3v) is 5.26. The van der Waals surface area contributed by atoms with Gasteiger partial charge in [0.25, 0.3) is 0 Å². The fourth-order valence-corrected chi connectivity index (χ4v) is 3.72. The quantitative estimate of drug-likeness (QED) is 0.679. The van der Waals surface area contributed by atoms with Crippen molar-refractivity contribution in [2.75, 3.05) is 13.7 Å². The van der Waals surface area contributed by atoms with Crippen LogP contribution in [0.2, 0.25) is 5.02 Å². The number of benzene rings is 1. The lowest BCUT2D eigenvalue weighted by molar-refractivity contribution is 0.187. The van der Waals surface area contributed by atoms with E-state index in [0.717, 1.165) is 0 Å². The van der Waals surface area contributed by atoms with Crippen molar-refractivity contribution in [3.8, 4) is 0 Å². The second kappa shape index (κ2) is 7.49. The summed E-state index contributed by atoms with van der Waals surface area (Å²) >= 11 is 5.87. The molecule has 0 saturated heterocycles. The van der Waals surface area contributed by atoms with Gasteiger partial charge in [-0.3, -0.25) is 0 Å². The van der Waals surface area contributed by atoms with Crippen LogP contribution in [0.15, 0.2) is 47.5 Å². The van der Waals surface area contributed by atoms with Gasteiger partial charge in [-0.15, -0.1) is 0 Å². The summed E-state index contributed by atoms with van der Waals surface area (Å²) in [6.45, 7) is 1.03. The summed E-state index contributed by atoms with van der Waals surface area (Å²) in [7, 11) is -2.09. The van der Waals surface area contributed by atoms with E-state index in [1.165, 1.54) is 12.1 Å². The van der Waals surface area contributed by atoms with Crippen molar-refractivity contribution in [3.05, 3.63) is 53.4 Å². The number of ether oxygens (including phenoxy) is 1. The molecule has 25 heavy (non-hydrogen) atoms. The molecule has 2 aromatic heterocycles. The number of methoxy groups -OCH3 is 1. The molecule has 9 heteroatoms. The molecule has 0 amide bonds. The minimum absolute atomic E-state index is 0.0366. The lowest BCUT2D eigenvalue weighted by atomic mass is 10.4. The maximum Gasteiger partial charge on any atom is 0.241 e. The van der Waals surface area contributed by atoms with Crippen molar-refractivity contribution >= 4 is 32.8 Å². The van der Waals surface area contributed by atoms with Crippen LogP contribution in [-0.4, -0.2) is 36.7 Å². The van der Waals surface area contributed by atoms with Crippen molar-refractivity contribution in [2.24, 2.45) is 0 Å². The van der Waals surface area contributed by atoms with E-state index in [-0.39, 0.29) is 11.4 Å². The highest BCUT2D eigenvalue weighted by atomic mass is 35.5. The summed E-state index contributed by atoms with van der Waals surface area (Å²) in [5.41, 5.74) is 1.40.